The summed E-state index contributed by atoms with van der Waals surface area (Å²) >= 11 is 11.6. The predicted molar refractivity (Wildman–Crippen MR) is 76.6 cm³/mol. The summed E-state index contributed by atoms with van der Waals surface area (Å²) in [7, 11) is 1.47. The van der Waals surface area contributed by atoms with Crippen LogP contribution in [0.5, 0.6) is 0 Å². The Labute approximate surface area is 126 Å². The van der Waals surface area contributed by atoms with Crippen molar-refractivity contribution in [3.05, 3.63) is 28.2 Å². The lowest BCUT2D eigenvalue weighted by Crippen LogP contribution is -2.40. The van der Waals surface area contributed by atoms with E-state index in [1.165, 1.54) is 25.3 Å². The average Bonchev–Trinajstić information content (AvgIpc) is 2.32. The molecule has 2 amide bonds. The maximum absolute atomic E-state index is 12.0. The van der Waals surface area contributed by atoms with Gasteiger partial charge in [-0.05, 0) is 18.2 Å². The van der Waals surface area contributed by atoms with Crippen LogP contribution in [0.25, 0.3) is 0 Å². The predicted octanol–water partition coefficient (Wildman–Crippen LogP) is 2.56. The molecule has 0 atom stereocenters. The fraction of sp³-hybridized carbons (Fsp3) is 0.333. The van der Waals surface area contributed by atoms with E-state index < -0.39 is 18.5 Å². The third-order valence-corrected chi connectivity index (χ3v) is 2.73. The molecule has 0 saturated carbocycles. The van der Waals surface area contributed by atoms with Crippen molar-refractivity contribution in [2.45, 2.75) is 0 Å². The van der Waals surface area contributed by atoms with Gasteiger partial charge in [0.05, 0.1) is 6.61 Å². The molecule has 6 nitrogen and oxygen atoms in total. The number of halogens is 2. The number of amides is 2. The minimum atomic E-state index is -1.11. The standard InChI is InChI=1S/C12H14Cl2N2O4/c1-20-3-2-16(7-11(17)18)12(19)15-10-5-8(13)4-9(14)6-10/h4-6H,2-3,7H2,1H3,(H,15,19)(H,17,18). The molecule has 0 fully saturated rings. The largest absolute Gasteiger partial charge is 0.480 e. The zero-order chi connectivity index (χ0) is 15.1. The molecular weight excluding hydrogens is 307 g/mol. The van der Waals surface area contributed by atoms with Crippen molar-refractivity contribution in [3.63, 3.8) is 0 Å². The van der Waals surface area contributed by atoms with E-state index in [0.717, 1.165) is 4.90 Å². The minimum Gasteiger partial charge on any atom is -0.480 e. The van der Waals surface area contributed by atoms with Crippen LogP contribution >= 0.6 is 23.2 Å². The first-order valence-corrected chi connectivity index (χ1v) is 6.40. The Morgan fingerprint density at radius 1 is 1.30 bits per heavy atom. The number of rotatable bonds is 6. The number of carbonyl (C=O) groups excluding carboxylic acids is 1. The molecule has 1 rings (SSSR count). The van der Waals surface area contributed by atoms with Gasteiger partial charge in [-0.3, -0.25) is 4.79 Å². The fourth-order valence-corrected chi connectivity index (χ4v) is 1.97. The molecule has 0 radical (unpaired) electrons. The fourth-order valence-electron chi connectivity index (χ4n) is 1.45. The lowest BCUT2D eigenvalue weighted by molar-refractivity contribution is -0.137. The van der Waals surface area contributed by atoms with Gasteiger partial charge in [-0.2, -0.15) is 0 Å². The van der Waals surface area contributed by atoms with Crippen LogP contribution in [0, 0.1) is 0 Å². The lowest BCUT2D eigenvalue weighted by atomic mass is 10.3. The van der Waals surface area contributed by atoms with Gasteiger partial charge in [0.1, 0.15) is 6.54 Å². The van der Waals surface area contributed by atoms with Crippen molar-refractivity contribution < 1.29 is 19.4 Å². The number of benzene rings is 1. The summed E-state index contributed by atoms with van der Waals surface area (Å²) in [5.41, 5.74) is 0.389. The Morgan fingerprint density at radius 3 is 2.40 bits per heavy atom. The van der Waals surface area contributed by atoms with E-state index in [1.807, 2.05) is 0 Å². The maximum atomic E-state index is 12.0. The van der Waals surface area contributed by atoms with Crippen LogP contribution in [0.1, 0.15) is 0 Å². The normalized spacial score (nSPS) is 10.2. The first-order valence-electron chi connectivity index (χ1n) is 5.65. The van der Waals surface area contributed by atoms with E-state index in [0.29, 0.717) is 15.7 Å². The molecule has 1 aromatic rings. The molecule has 0 bridgehead atoms. The van der Waals surface area contributed by atoms with Gasteiger partial charge in [-0.25, -0.2) is 4.79 Å². The number of hydrogen-bond donors (Lipinski definition) is 2. The van der Waals surface area contributed by atoms with Crippen molar-refractivity contribution >= 4 is 40.9 Å². The molecule has 0 unspecified atom stereocenters. The quantitative estimate of drug-likeness (QED) is 0.844. The average molecular weight is 321 g/mol. The number of methoxy groups -OCH3 is 1. The Kier molecular flexibility index (Phi) is 6.57. The zero-order valence-electron chi connectivity index (χ0n) is 10.7. The third-order valence-electron chi connectivity index (χ3n) is 2.29. The minimum absolute atomic E-state index is 0.156. The monoisotopic (exact) mass is 320 g/mol. The topological polar surface area (TPSA) is 78.9 Å². The second kappa shape index (κ2) is 7.94. The number of aliphatic carboxylic acids is 1. The number of carboxylic acid groups (broad SMARTS) is 1. The highest BCUT2D eigenvalue weighted by Crippen LogP contribution is 2.22. The van der Waals surface area contributed by atoms with Crippen molar-refractivity contribution in [1.29, 1.82) is 0 Å². The number of urea groups is 1. The van der Waals surface area contributed by atoms with Gasteiger partial charge in [-0.15, -0.1) is 0 Å². The van der Waals surface area contributed by atoms with Crippen LogP contribution in [0.2, 0.25) is 10.0 Å². The lowest BCUT2D eigenvalue weighted by Gasteiger charge is -2.20. The van der Waals surface area contributed by atoms with Crippen LogP contribution in [0.4, 0.5) is 10.5 Å². The number of carboxylic acids is 1. The number of nitrogens with zero attached hydrogens (tertiary/aromatic N) is 1. The molecule has 110 valence electrons. The number of hydrogen-bond acceptors (Lipinski definition) is 3. The summed E-state index contributed by atoms with van der Waals surface area (Å²) < 4.78 is 4.84. The van der Waals surface area contributed by atoms with Crippen LogP contribution in [-0.4, -0.2) is 48.8 Å². The molecule has 2 N–H and O–H groups in total. The van der Waals surface area contributed by atoms with Crippen LogP contribution in [0.3, 0.4) is 0 Å². The number of ether oxygens (including phenoxy) is 1. The van der Waals surface area contributed by atoms with Crippen LogP contribution in [0.15, 0.2) is 18.2 Å². The van der Waals surface area contributed by atoms with Crippen LogP contribution in [-0.2, 0) is 9.53 Å². The molecule has 1 aromatic carbocycles. The van der Waals surface area contributed by atoms with Gasteiger partial charge in [-0.1, -0.05) is 23.2 Å². The van der Waals surface area contributed by atoms with E-state index in [-0.39, 0.29) is 13.2 Å². The Bertz CT molecular complexity index is 476. The van der Waals surface area contributed by atoms with Gasteiger partial charge in [0, 0.05) is 29.4 Å². The molecule has 8 heteroatoms. The molecule has 0 heterocycles. The van der Waals surface area contributed by atoms with Gasteiger partial charge in [0.2, 0.25) is 0 Å². The van der Waals surface area contributed by atoms with E-state index in [1.54, 1.807) is 0 Å². The zero-order valence-corrected chi connectivity index (χ0v) is 12.2. The van der Waals surface area contributed by atoms with E-state index in [9.17, 15) is 9.59 Å². The third kappa shape index (κ3) is 5.64. The molecule has 0 aliphatic carbocycles. The molecular formula is C12H14Cl2N2O4. The van der Waals surface area contributed by atoms with Crippen molar-refractivity contribution in [2.24, 2.45) is 0 Å². The summed E-state index contributed by atoms with van der Waals surface area (Å²) in [6.07, 6.45) is 0. The van der Waals surface area contributed by atoms with Crippen molar-refractivity contribution in [3.8, 4) is 0 Å². The SMILES string of the molecule is COCCN(CC(=O)O)C(=O)Nc1cc(Cl)cc(Cl)c1. The van der Waals surface area contributed by atoms with Crippen LogP contribution < -0.4 is 5.32 Å². The highest BCUT2D eigenvalue weighted by Gasteiger charge is 2.16. The van der Waals surface area contributed by atoms with Gasteiger partial charge >= 0.3 is 12.0 Å². The van der Waals surface area contributed by atoms with Crippen molar-refractivity contribution in [1.82, 2.24) is 4.90 Å². The Balaban J connectivity index is 2.75. The Hall–Kier alpha value is -1.50. The molecule has 0 aliphatic heterocycles. The maximum Gasteiger partial charge on any atom is 0.323 e. The number of anilines is 1. The molecule has 0 aliphatic rings. The molecule has 0 aromatic heterocycles. The number of carbonyl (C=O) groups is 2. The van der Waals surface area contributed by atoms with Crippen molar-refractivity contribution in [2.75, 3.05) is 32.1 Å². The van der Waals surface area contributed by atoms with E-state index in [4.69, 9.17) is 33.0 Å². The summed E-state index contributed by atoms with van der Waals surface area (Å²) in [4.78, 5) is 23.8. The summed E-state index contributed by atoms with van der Waals surface area (Å²) in [6.45, 7) is -0.0383. The second-order valence-electron chi connectivity index (χ2n) is 3.90. The highest BCUT2D eigenvalue weighted by molar-refractivity contribution is 6.35. The first kappa shape index (κ1) is 16.6. The van der Waals surface area contributed by atoms with Gasteiger partial charge in [0.25, 0.3) is 0 Å². The molecule has 0 spiro atoms. The summed E-state index contributed by atoms with van der Waals surface area (Å²) in [5.74, 6) is -1.11. The van der Waals surface area contributed by atoms with E-state index >= 15 is 0 Å². The first-order chi connectivity index (χ1) is 9.42. The molecule has 0 saturated heterocycles. The van der Waals surface area contributed by atoms with Gasteiger partial charge in [0.15, 0.2) is 0 Å². The summed E-state index contributed by atoms with van der Waals surface area (Å²) in [5, 5.41) is 12.1. The number of nitrogens with one attached hydrogen (secondary N) is 1. The smallest absolute Gasteiger partial charge is 0.323 e. The second-order valence-corrected chi connectivity index (χ2v) is 4.77. The molecule has 20 heavy (non-hydrogen) atoms. The Morgan fingerprint density at radius 2 is 1.90 bits per heavy atom. The van der Waals surface area contributed by atoms with Gasteiger partial charge < -0.3 is 20.1 Å². The van der Waals surface area contributed by atoms with E-state index in [2.05, 4.69) is 5.32 Å². The highest BCUT2D eigenvalue weighted by atomic mass is 35.5. The summed E-state index contributed by atoms with van der Waals surface area (Å²) in [6, 6.07) is 3.99.